The maximum atomic E-state index is 7.10. The van der Waals surface area contributed by atoms with Crippen molar-refractivity contribution in [2.75, 3.05) is 0 Å². The van der Waals surface area contributed by atoms with Gasteiger partial charge in [-0.3, -0.25) is 0 Å². The summed E-state index contributed by atoms with van der Waals surface area (Å²) in [7, 11) is 0. The van der Waals surface area contributed by atoms with Crippen LogP contribution >= 0.6 is 0 Å². The van der Waals surface area contributed by atoms with Crippen LogP contribution in [-0.2, 0) is 0 Å². The molecule has 0 fully saturated rings. The summed E-state index contributed by atoms with van der Waals surface area (Å²) in [6, 6.07) is 65.4. The lowest BCUT2D eigenvalue weighted by molar-refractivity contribution is 0.465. The number of hydrogen-bond acceptors (Lipinski definition) is 2. The van der Waals surface area contributed by atoms with E-state index in [1.54, 1.807) is 0 Å². The van der Waals surface area contributed by atoms with E-state index in [0.717, 1.165) is 61.8 Å². The van der Waals surface area contributed by atoms with Crippen molar-refractivity contribution in [3.05, 3.63) is 182 Å². The first kappa shape index (κ1) is 29.5. The van der Waals surface area contributed by atoms with Gasteiger partial charge in [0.05, 0.1) is 11.0 Å². The van der Waals surface area contributed by atoms with E-state index in [9.17, 15) is 0 Å². The number of fused-ring (bicyclic) bond motifs is 10. The van der Waals surface area contributed by atoms with Gasteiger partial charge < -0.3 is 14.0 Å². The van der Waals surface area contributed by atoms with Gasteiger partial charge in [-0.1, -0.05) is 127 Å². The molecule has 0 amide bonds. The quantitative estimate of drug-likeness (QED) is 0.173. The molecule has 250 valence electrons. The van der Waals surface area contributed by atoms with E-state index in [-0.39, 0.29) is 6.71 Å². The summed E-state index contributed by atoms with van der Waals surface area (Å²) in [5.41, 5.74) is 11.4. The number of hydrogen-bond donors (Lipinski definition) is 0. The van der Waals surface area contributed by atoms with Gasteiger partial charge in [0, 0.05) is 28.0 Å². The first-order valence-corrected chi connectivity index (χ1v) is 18.5. The van der Waals surface area contributed by atoms with Gasteiger partial charge in [-0.2, -0.15) is 0 Å². The van der Waals surface area contributed by atoms with E-state index in [1.807, 2.05) is 0 Å². The zero-order valence-corrected chi connectivity index (χ0v) is 29.2. The lowest BCUT2D eigenvalue weighted by Crippen LogP contribution is -2.57. The summed E-state index contributed by atoms with van der Waals surface area (Å²) in [4.78, 5) is 0. The molecule has 2 aliphatic heterocycles. The van der Waals surface area contributed by atoms with Crippen molar-refractivity contribution in [1.82, 2.24) is 4.57 Å². The van der Waals surface area contributed by atoms with Gasteiger partial charge in [-0.05, 0) is 103 Å². The third-order valence-electron chi connectivity index (χ3n) is 11.5. The highest BCUT2D eigenvalue weighted by Crippen LogP contribution is 2.43. The van der Waals surface area contributed by atoms with Crippen molar-refractivity contribution in [2.45, 2.75) is 0 Å². The molecule has 0 aliphatic carbocycles. The number of para-hydroxylation sites is 1. The fourth-order valence-electron chi connectivity index (χ4n) is 8.99. The molecule has 0 unspecified atom stereocenters. The van der Waals surface area contributed by atoms with E-state index in [4.69, 9.17) is 9.47 Å². The third kappa shape index (κ3) is 4.31. The Morgan fingerprint density at radius 2 is 1.00 bits per heavy atom. The standard InChI is InChI=1S/C50H30BNO2/c1-3-11-31(12-4-1)36-21-23-43-40(26-36)41-29-42-46(30-44(41)52(43)38-16-5-2-6-17-38)54-48-28-37(35-20-19-32-13-7-8-15-34(32)25-35)27-47-50(48)51(42)49-39-18-10-9-14-33(39)22-24-45(49)53-47/h1-30H. The molecule has 54 heavy (non-hydrogen) atoms. The van der Waals surface area contributed by atoms with Gasteiger partial charge >= 0.3 is 0 Å². The number of aromatic nitrogens is 1. The van der Waals surface area contributed by atoms with E-state index in [2.05, 4.69) is 187 Å². The fraction of sp³-hybridized carbons (Fsp3) is 0. The smallest absolute Gasteiger partial charge is 0.261 e. The van der Waals surface area contributed by atoms with E-state index >= 15 is 0 Å². The lowest BCUT2D eigenvalue weighted by Gasteiger charge is -2.34. The van der Waals surface area contributed by atoms with Crippen LogP contribution in [0.5, 0.6) is 23.0 Å². The van der Waals surface area contributed by atoms with E-state index in [1.165, 1.54) is 48.9 Å². The second kappa shape index (κ2) is 11.2. The molecule has 3 nitrogen and oxygen atoms in total. The minimum Gasteiger partial charge on any atom is -0.458 e. The van der Waals surface area contributed by atoms with Crippen LogP contribution in [0.4, 0.5) is 0 Å². The minimum atomic E-state index is -0.0870. The first-order valence-electron chi connectivity index (χ1n) is 18.5. The maximum Gasteiger partial charge on any atom is 0.261 e. The van der Waals surface area contributed by atoms with Gasteiger partial charge in [0.25, 0.3) is 6.71 Å². The molecule has 4 heteroatoms. The van der Waals surface area contributed by atoms with Gasteiger partial charge in [-0.25, -0.2) is 0 Å². The number of nitrogens with zero attached hydrogens (tertiary/aromatic N) is 1. The molecule has 1 aromatic heterocycles. The zero-order chi connectivity index (χ0) is 35.3. The molecule has 12 rings (SSSR count). The van der Waals surface area contributed by atoms with Gasteiger partial charge in [0.1, 0.15) is 23.0 Å². The molecular formula is C50H30BNO2. The monoisotopic (exact) mass is 687 g/mol. The number of benzene rings is 9. The van der Waals surface area contributed by atoms with Crippen molar-refractivity contribution < 1.29 is 9.47 Å². The van der Waals surface area contributed by atoms with Crippen molar-refractivity contribution in [3.63, 3.8) is 0 Å². The molecule has 3 heterocycles. The van der Waals surface area contributed by atoms with E-state index in [0.29, 0.717) is 0 Å². The van der Waals surface area contributed by atoms with Crippen LogP contribution < -0.4 is 25.9 Å². The molecule has 0 bridgehead atoms. The summed E-state index contributed by atoms with van der Waals surface area (Å²) in [5.74, 6) is 3.43. The highest BCUT2D eigenvalue weighted by Gasteiger charge is 2.42. The van der Waals surface area contributed by atoms with Crippen molar-refractivity contribution in [2.24, 2.45) is 0 Å². The Balaban J connectivity index is 1.15. The average molecular weight is 688 g/mol. The van der Waals surface area contributed by atoms with Gasteiger partial charge in [0.15, 0.2) is 0 Å². The molecule has 0 spiro atoms. The van der Waals surface area contributed by atoms with Crippen LogP contribution in [0.2, 0.25) is 0 Å². The van der Waals surface area contributed by atoms with Crippen LogP contribution in [0.25, 0.3) is 71.3 Å². The Labute approximate surface area is 312 Å². The highest BCUT2D eigenvalue weighted by molar-refractivity contribution is 6.99. The molecule has 9 aromatic carbocycles. The molecule has 0 saturated heterocycles. The predicted molar refractivity (Wildman–Crippen MR) is 224 cm³/mol. The number of ether oxygens (including phenoxy) is 2. The molecule has 0 saturated carbocycles. The van der Waals surface area contributed by atoms with Crippen LogP contribution in [0, 0.1) is 0 Å². The highest BCUT2D eigenvalue weighted by atomic mass is 16.5. The number of rotatable bonds is 3. The predicted octanol–water partition coefficient (Wildman–Crippen LogP) is 11.2. The normalized spacial score (nSPS) is 12.7. The second-order valence-corrected chi connectivity index (χ2v) is 14.5. The molecule has 2 aliphatic rings. The largest absolute Gasteiger partial charge is 0.458 e. The minimum absolute atomic E-state index is 0.0870. The van der Waals surface area contributed by atoms with Gasteiger partial charge in [0.2, 0.25) is 0 Å². The Bertz CT molecular complexity index is 3170. The third-order valence-corrected chi connectivity index (χ3v) is 11.5. The van der Waals surface area contributed by atoms with Crippen LogP contribution in [-0.4, -0.2) is 11.3 Å². The molecule has 0 radical (unpaired) electrons. The average Bonchev–Trinajstić information content (AvgIpc) is 3.55. The Kier molecular flexibility index (Phi) is 6.14. The van der Waals surface area contributed by atoms with Gasteiger partial charge in [-0.15, -0.1) is 0 Å². The maximum absolute atomic E-state index is 7.10. The molecular weight excluding hydrogens is 657 g/mol. The van der Waals surface area contributed by atoms with Crippen LogP contribution in [0.1, 0.15) is 0 Å². The zero-order valence-electron chi connectivity index (χ0n) is 29.2. The summed E-state index contributed by atoms with van der Waals surface area (Å²) in [6.45, 7) is -0.0870. The summed E-state index contributed by atoms with van der Waals surface area (Å²) in [6.07, 6.45) is 0. The summed E-state index contributed by atoms with van der Waals surface area (Å²) in [5, 5.41) is 7.22. The van der Waals surface area contributed by atoms with Crippen LogP contribution in [0.15, 0.2) is 182 Å². The van der Waals surface area contributed by atoms with Crippen molar-refractivity contribution >= 4 is 66.5 Å². The van der Waals surface area contributed by atoms with E-state index < -0.39 is 0 Å². The Hall–Kier alpha value is -7.04. The topological polar surface area (TPSA) is 23.4 Å². The Morgan fingerprint density at radius 1 is 0.352 bits per heavy atom. The van der Waals surface area contributed by atoms with Crippen molar-refractivity contribution in [3.8, 4) is 50.9 Å². The molecule has 0 N–H and O–H groups in total. The SMILES string of the molecule is c1ccc(-c2ccc3c(c2)c2cc4c(cc2n3-c2ccccc2)Oc2cc(-c3ccc5ccccc5c3)cc3c2B4c2c(ccc4ccccc24)O3)cc1. The lowest BCUT2D eigenvalue weighted by atomic mass is 9.34. The van der Waals surface area contributed by atoms with Crippen LogP contribution in [0.3, 0.4) is 0 Å². The molecule has 10 aromatic rings. The molecule has 0 atom stereocenters. The second-order valence-electron chi connectivity index (χ2n) is 14.5. The first-order chi connectivity index (χ1) is 26.7. The van der Waals surface area contributed by atoms with Crippen molar-refractivity contribution in [1.29, 1.82) is 0 Å². The Morgan fingerprint density at radius 3 is 1.83 bits per heavy atom. The summed E-state index contributed by atoms with van der Waals surface area (Å²) < 4.78 is 16.4. The summed E-state index contributed by atoms with van der Waals surface area (Å²) >= 11 is 0. The fourth-order valence-corrected chi connectivity index (χ4v) is 8.99.